The van der Waals surface area contributed by atoms with Crippen LogP contribution in [0.25, 0.3) is 0 Å². The fraction of sp³-hybridized carbons (Fsp3) is 0.333. The summed E-state index contributed by atoms with van der Waals surface area (Å²) < 4.78 is 13.0. The lowest BCUT2D eigenvalue weighted by molar-refractivity contribution is -0.137. The van der Waals surface area contributed by atoms with Crippen LogP contribution in [0, 0.1) is 11.7 Å². The van der Waals surface area contributed by atoms with Crippen LogP contribution in [0.5, 0.6) is 0 Å². The highest BCUT2D eigenvalue weighted by molar-refractivity contribution is 6.39. The summed E-state index contributed by atoms with van der Waals surface area (Å²) in [6.45, 7) is 1.86. The van der Waals surface area contributed by atoms with Crippen LogP contribution in [0.1, 0.15) is 13.3 Å². The lowest BCUT2D eigenvalue weighted by Crippen LogP contribution is -2.33. The molecule has 0 aliphatic carbocycles. The van der Waals surface area contributed by atoms with Crippen LogP contribution in [-0.2, 0) is 4.79 Å². The number of halogens is 3. The summed E-state index contributed by atoms with van der Waals surface area (Å²) in [5.41, 5.74) is 0.0955. The standard InChI is InChI=1S/C12H13Cl2FN2O3/c1-6(2-10(18)19)5-16-12(20)17-11-8(13)3-7(15)4-9(11)14/h3-4,6H,2,5H2,1H3,(H,18,19)(H2,16,17,20). The Morgan fingerprint density at radius 1 is 1.35 bits per heavy atom. The predicted octanol–water partition coefficient (Wildman–Crippen LogP) is 3.36. The molecule has 0 heterocycles. The smallest absolute Gasteiger partial charge is 0.319 e. The van der Waals surface area contributed by atoms with Gasteiger partial charge in [-0.2, -0.15) is 0 Å². The molecule has 20 heavy (non-hydrogen) atoms. The van der Waals surface area contributed by atoms with Crippen LogP contribution in [0.3, 0.4) is 0 Å². The molecule has 1 atom stereocenters. The molecule has 1 unspecified atom stereocenters. The first-order valence-electron chi connectivity index (χ1n) is 5.70. The lowest BCUT2D eigenvalue weighted by atomic mass is 10.1. The number of hydrogen-bond acceptors (Lipinski definition) is 2. The number of hydrogen-bond donors (Lipinski definition) is 3. The molecule has 110 valence electrons. The van der Waals surface area contributed by atoms with Crippen molar-refractivity contribution >= 4 is 40.9 Å². The summed E-state index contributed by atoms with van der Waals surface area (Å²) in [6.07, 6.45) is -0.0572. The summed E-state index contributed by atoms with van der Waals surface area (Å²) in [6, 6.07) is 1.45. The number of benzene rings is 1. The van der Waals surface area contributed by atoms with Crippen molar-refractivity contribution in [1.82, 2.24) is 5.32 Å². The summed E-state index contributed by atoms with van der Waals surface area (Å²) in [7, 11) is 0. The minimum absolute atomic E-state index is 0.0243. The van der Waals surface area contributed by atoms with Gasteiger partial charge in [-0.3, -0.25) is 4.79 Å². The molecule has 1 aromatic carbocycles. The number of carbonyl (C=O) groups excluding carboxylic acids is 1. The van der Waals surface area contributed by atoms with E-state index in [1.807, 2.05) is 0 Å². The van der Waals surface area contributed by atoms with E-state index in [9.17, 15) is 14.0 Å². The summed E-state index contributed by atoms with van der Waals surface area (Å²) >= 11 is 11.5. The van der Waals surface area contributed by atoms with Gasteiger partial charge in [-0.05, 0) is 18.1 Å². The molecular weight excluding hydrogens is 310 g/mol. The van der Waals surface area contributed by atoms with Crippen molar-refractivity contribution in [2.75, 3.05) is 11.9 Å². The molecule has 0 saturated carbocycles. The van der Waals surface area contributed by atoms with Gasteiger partial charge in [0.05, 0.1) is 15.7 Å². The van der Waals surface area contributed by atoms with Gasteiger partial charge in [-0.1, -0.05) is 30.1 Å². The predicted molar refractivity (Wildman–Crippen MR) is 74.9 cm³/mol. The van der Waals surface area contributed by atoms with E-state index < -0.39 is 17.8 Å². The van der Waals surface area contributed by atoms with Crippen molar-refractivity contribution in [3.63, 3.8) is 0 Å². The second-order valence-corrected chi connectivity index (χ2v) is 5.10. The van der Waals surface area contributed by atoms with Crippen molar-refractivity contribution in [3.05, 3.63) is 28.0 Å². The maximum Gasteiger partial charge on any atom is 0.319 e. The van der Waals surface area contributed by atoms with Gasteiger partial charge in [-0.15, -0.1) is 0 Å². The minimum Gasteiger partial charge on any atom is -0.481 e. The van der Waals surface area contributed by atoms with E-state index in [4.69, 9.17) is 28.3 Å². The quantitative estimate of drug-likeness (QED) is 0.777. The lowest BCUT2D eigenvalue weighted by Gasteiger charge is -2.13. The van der Waals surface area contributed by atoms with E-state index in [1.165, 1.54) is 0 Å². The molecule has 1 aromatic rings. The maximum absolute atomic E-state index is 13.0. The van der Waals surface area contributed by atoms with Crippen molar-refractivity contribution in [2.24, 2.45) is 5.92 Å². The third-order valence-corrected chi connectivity index (χ3v) is 2.98. The monoisotopic (exact) mass is 322 g/mol. The first-order chi connectivity index (χ1) is 9.29. The number of carboxylic acids is 1. The van der Waals surface area contributed by atoms with Crippen molar-refractivity contribution < 1.29 is 19.1 Å². The Labute approximate surface area is 125 Å². The van der Waals surface area contributed by atoms with Gasteiger partial charge in [0, 0.05) is 13.0 Å². The zero-order valence-corrected chi connectivity index (χ0v) is 12.1. The average molecular weight is 323 g/mol. The van der Waals surface area contributed by atoms with Crippen molar-refractivity contribution in [1.29, 1.82) is 0 Å². The molecule has 0 aliphatic heterocycles. The molecule has 0 saturated heterocycles. The first kappa shape index (κ1) is 16.5. The van der Waals surface area contributed by atoms with Crippen LogP contribution < -0.4 is 10.6 Å². The largest absolute Gasteiger partial charge is 0.481 e. The third-order valence-electron chi connectivity index (χ3n) is 2.38. The second-order valence-electron chi connectivity index (χ2n) is 4.28. The van der Waals surface area contributed by atoms with E-state index in [1.54, 1.807) is 6.92 Å². The van der Waals surface area contributed by atoms with Crippen LogP contribution in [0.2, 0.25) is 10.0 Å². The van der Waals surface area contributed by atoms with E-state index in [2.05, 4.69) is 10.6 Å². The van der Waals surface area contributed by atoms with Gasteiger partial charge in [-0.25, -0.2) is 9.18 Å². The van der Waals surface area contributed by atoms with Gasteiger partial charge in [0.2, 0.25) is 0 Å². The Hall–Kier alpha value is -1.53. The zero-order valence-electron chi connectivity index (χ0n) is 10.5. The number of carboxylic acid groups (broad SMARTS) is 1. The van der Waals surface area contributed by atoms with Crippen LogP contribution in [0.4, 0.5) is 14.9 Å². The van der Waals surface area contributed by atoms with Crippen molar-refractivity contribution in [3.8, 4) is 0 Å². The maximum atomic E-state index is 13.0. The Balaban J connectivity index is 2.57. The Morgan fingerprint density at radius 2 is 1.90 bits per heavy atom. The number of carbonyl (C=O) groups is 2. The van der Waals surface area contributed by atoms with E-state index in [0.29, 0.717) is 0 Å². The highest BCUT2D eigenvalue weighted by Crippen LogP contribution is 2.31. The molecule has 0 aliphatic rings. The summed E-state index contributed by atoms with van der Waals surface area (Å²) in [5.74, 6) is -1.78. The molecule has 0 radical (unpaired) electrons. The number of nitrogens with one attached hydrogen (secondary N) is 2. The Bertz CT molecular complexity index is 502. The summed E-state index contributed by atoms with van der Waals surface area (Å²) in [5, 5.41) is 13.4. The van der Waals surface area contributed by atoms with Crippen molar-refractivity contribution in [2.45, 2.75) is 13.3 Å². The van der Waals surface area contributed by atoms with Gasteiger partial charge < -0.3 is 15.7 Å². The fourth-order valence-corrected chi connectivity index (χ4v) is 2.01. The molecule has 0 spiro atoms. The number of aliphatic carboxylic acids is 1. The Morgan fingerprint density at radius 3 is 2.40 bits per heavy atom. The van der Waals surface area contributed by atoms with Crippen LogP contribution in [0.15, 0.2) is 12.1 Å². The van der Waals surface area contributed by atoms with Gasteiger partial charge >= 0.3 is 12.0 Å². The topological polar surface area (TPSA) is 78.4 Å². The SMILES string of the molecule is CC(CNC(=O)Nc1c(Cl)cc(F)cc1Cl)CC(=O)O. The molecule has 3 N–H and O–H groups in total. The average Bonchev–Trinajstić information content (AvgIpc) is 2.30. The van der Waals surface area contributed by atoms with Gasteiger partial charge in [0.25, 0.3) is 0 Å². The molecule has 0 bridgehead atoms. The van der Waals surface area contributed by atoms with Gasteiger partial charge in [0.15, 0.2) is 0 Å². The molecule has 0 aromatic heterocycles. The number of rotatable bonds is 5. The molecule has 8 heteroatoms. The molecule has 0 fully saturated rings. The first-order valence-corrected chi connectivity index (χ1v) is 6.46. The summed E-state index contributed by atoms with van der Waals surface area (Å²) in [4.78, 5) is 22.1. The van der Waals surface area contributed by atoms with E-state index in [-0.39, 0.29) is 34.6 Å². The normalized spacial score (nSPS) is 11.8. The number of amides is 2. The third kappa shape index (κ3) is 5.22. The molecular formula is C12H13Cl2FN2O3. The highest BCUT2D eigenvalue weighted by atomic mass is 35.5. The van der Waals surface area contributed by atoms with E-state index >= 15 is 0 Å². The Kier molecular flexibility index (Phi) is 6.04. The zero-order chi connectivity index (χ0) is 15.3. The number of anilines is 1. The van der Waals surface area contributed by atoms with E-state index in [0.717, 1.165) is 12.1 Å². The minimum atomic E-state index is -0.940. The molecule has 2 amide bonds. The second kappa shape index (κ2) is 7.31. The van der Waals surface area contributed by atoms with Crippen LogP contribution in [-0.4, -0.2) is 23.7 Å². The fourth-order valence-electron chi connectivity index (χ4n) is 1.46. The molecule has 1 rings (SSSR count). The molecule has 5 nitrogen and oxygen atoms in total. The number of urea groups is 1. The van der Waals surface area contributed by atoms with Gasteiger partial charge in [0.1, 0.15) is 5.82 Å². The highest BCUT2D eigenvalue weighted by Gasteiger charge is 2.13. The van der Waals surface area contributed by atoms with Crippen LogP contribution >= 0.6 is 23.2 Å².